The van der Waals surface area contributed by atoms with Crippen LogP contribution < -0.4 is 10.7 Å². The quantitative estimate of drug-likeness (QED) is 0.317. The van der Waals surface area contributed by atoms with Crippen LogP contribution in [0.1, 0.15) is 31.5 Å². The van der Waals surface area contributed by atoms with Crippen LogP contribution in [0.3, 0.4) is 0 Å². The van der Waals surface area contributed by atoms with Crippen LogP contribution in [-0.4, -0.2) is 15.5 Å². The van der Waals surface area contributed by atoms with E-state index in [1.807, 2.05) is 77.5 Å². The Morgan fingerprint density at radius 3 is 2.21 bits per heavy atom. The van der Waals surface area contributed by atoms with Gasteiger partial charge in [0.2, 0.25) is 0 Å². The average molecular weight is 456 g/mol. The summed E-state index contributed by atoms with van der Waals surface area (Å²) >= 11 is 6.12. The van der Waals surface area contributed by atoms with Crippen molar-refractivity contribution in [1.29, 1.82) is 0 Å². The number of hydrazone groups is 1. The van der Waals surface area contributed by atoms with E-state index < -0.39 is 0 Å². The van der Waals surface area contributed by atoms with Crippen LogP contribution in [0, 0.1) is 5.41 Å². The van der Waals surface area contributed by atoms with Gasteiger partial charge in [-0.1, -0.05) is 61.8 Å². The summed E-state index contributed by atoms with van der Waals surface area (Å²) in [6.07, 6.45) is 1.72. The molecule has 1 aromatic heterocycles. The molecule has 0 spiro atoms. The van der Waals surface area contributed by atoms with Gasteiger partial charge in [-0.25, -0.2) is 4.68 Å². The molecule has 0 aliphatic heterocycles. The van der Waals surface area contributed by atoms with Gasteiger partial charge in [0.05, 0.1) is 28.3 Å². The number of rotatable bonds is 5. The predicted molar refractivity (Wildman–Crippen MR) is 137 cm³/mol. The van der Waals surface area contributed by atoms with E-state index in [0.29, 0.717) is 5.02 Å². The van der Waals surface area contributed by atoms with Gasteiger partial charge in [-0.2, -0.15) is 10.2 Å². The van der Waals surface area contributed by atoms with Crippen molar-refractivity contribution in [1.82, 2.24) is 9.78 Å². The number of halogens is 1. The molecular weight excluding hydrogens is 430 g/mol. The summed E-state index contributed by atoms with van der Waals surface area (Å²) in [4.78, 5) is 0. The van der Waals surface area contributed by atoms with Gasteiger partial charge in [0.15, 0.2) is 0 Å². The molecule has 5 rings (SSSR count). The van der Waals surface area contributed by atoms with Crippen LogP contribution in [0.4, 0.5) is 17.2 Å². The highest BCUT2D eigenvalue weighted by Gasteiger charge is 2.35. The number of nitrogens with one attached hydrogen (secondary N) is 2. The van der Waals surface area contributed by atoms with Gasteiger partial charge in [-0.15, -0.1) is 0 Å². The Morgan fingerprint density at radius 2 is 1.52 bits per heavy atom. The second-order valence-corrected chi connectivity index (χ2v) is 9.54. The maximum Gasteiger partial charge on any atom is 0.143 e. The Balaban J connectivity index is 1.64. The van der Waals surface area contributed by atoms with Gasteiger partial charge in [0.1, 0.15) is 5.82 Å². The highest BCUT2D eigenvalue weighted by molar-refractivity contribution is 6.30. The summed E-state index contributed by atoms with van der Waals surface area (Å²) in [6, 6.07) is 27.9. The molecule has 0 unspecified atom stereocenters. The first-order valence-corrected chi connectivity index (χ1v) is 11.4. The van der Waals surface area contributed by atoms with Crippen LogP contribution >= 0.6 is 11.6 Å². The van der Waals surface area contributed by atoms with E-state index in [1.165, 1.54) is 0 Å². The molecule has 4 aromatic rings. The lowest BCUT2D eigenvalue weighted by atomic mass is 9.75. The van der Waals surface area contributed by atoms with E-state index in [9.17, 15) is 0 Å². The number of fused-ring (bicyclic) bond motifs is 1. The summed E-state index contributed by atoms with van der Waals surface area (Å²) in [7, 11) is 0. The van der Waals surface area contributed by atoms with E-state index in [-0.39, 0.29) is 5.41 Å². The molecule has 3 aromatic carbocycles. The lowest BCUT2D eigenvalue weighted by Crippen LogP contribution is -2.28. The molecule has 2 N–H and O–H groups in total. The van der Waals surface area contributed by atoms with Gasteiger partial charge < -0.3 is 5.32 Å². The Bertz CT molecular complexity index is 1280. The highest BCUT2D eigenvalue weighted by Crippen LogP contribution is 2.40. The minimum Gasteiger partial charge on any atom is -0.340 e. The number of nitrogens with zero attached hydrogens (tertiary/aromatic N) is 3. The van der Waals surface area contributed by atoms with E-state index in [4.69, 9.17) is 21.8 Å². The second kappa shape index (κ2) is 8.75. The van der Waals surface area contributed by atoms with Crippen molar-refractivity contribution in [3.8, 4) is 5.69 Å². The van der Waals surface area contributed by atoms with Gasteiger partial charge >= 0.3 is 0 Å². The lowest BCUT2D eigenvalue weighted by Gasteiger charge is -2.29. The van der Waals surface area contributed by atoms with Crippen molar-refractivity contribution in [2.45, 2.75) is 26.7 Å². The molecule has 0 fully saturated rings. The molecule has 1 aliphatic carbocycles. The molecule has 1 heterocycles. The van der Waals surface area contributed by atoms with Gasteiger partial charge in [-0.3, -0.25) is 5.43 Å². The van der Waals surface area contributed by atoms with E-state index in [1.54, 1.807) is 0 Å². The molecule has 0 bridgehead atoms. The van der Waals surface area contributed by atoms with Crippen molar-refractivity contribution in [3.05, 3.63) is 101 Å². The topological polar surface area (TPSA) is 54.2 Å². The molecule has 0 radical (unpaired) electrons. The molecule has 6 heteroatoms. The zero-order valence-electron chi connectivity index (χ0n) is 18.7. The molecule has 5 nitrogen and oxygen atoms in total. The third kappa shape index (κ3) is 4.64. The standard InChI is InChI=1S/C27H26ClN5/c1-27(2)17-23(31-30-21-9-5-3-6-10-21)25-24(18-27)32-33(22-11-7-4-8-12-22)26(25)29-20-15-13-19(28)14-16-20/h3-16,29-30H,17-18H2,1-2H3. The minimum absolute atomic E-state index is 0.0532. The van der Waals surface area contributed by atoms with Crippen molar-refractivity contribution in [2.24, 2.45) is 10.5 Å². The van der Waals surface area contributed by atoms with E-state index in [2.05, 4.69) is 36.7 Å². The maximum absolute atomic E-state index is 6.12. The number of hydrogen-bond acceptors (Lipinski definition) is 4. The number of aromatic nitrogens is 2. The van der Waals surface area contributed by atoms with Crippen LogP contribution in [0.25, 0.3) is 5.69 Å². The van der Waals surface area contributed by atoms with Crippen LogP contribution in [0.5, 0.6) is 0 Å². The Hall–Kier alpha value is -3.57. The summed E-state index contributed by atoms with van der Waals surface area (Å²) in [5.41, 5.74) is 9.28. The summed E-state index contributed by atoms with van der Waals surface area (Å²) in [6.45, 7) is 4.53. The zero-order chi connectivity index (χ0) is 22.8. The second-order valence-electron chi connectivity index (χ2n) is 9.10. The largest absolute Gasteiger partial charge is 0.340 e. The molecule has 1 aliphatic rings. The zero-order valence-corrected chi connectivity index (χ0v) is 19.5. The normalized spacial score (nSPS) is 15.8. The van der Waals surface area contributed by atoms with Crippen molar-refractivity contribution in [3.63, 3.8) is 0 Å². The molecule has 0 amide bonds. The Kier molecular flexibility index (Phi) is 5.65. The summed E-state index contributed by atoms with van der Waals surface area (Å²) in [5, 5.41) is 14.2. The SMILES string of the molecule is CC1(C)CC(=NNc2ccccc2)c2c(nn(-c3ccccc3)c2Nc2ccc(Cl)cc2)C1. The molecule has 166 valence electrons. The lowest BCUT2D eigenvalue weighted by molar-refractivity contribution is 0.367. The fraction of sp³-hybridized carbons (Fsp3) is 0.185. The fourth-order valence-corrected chi connectivity index (χ4v) is 4.36. The van der Waals surface area contributed by atoms with E-state index in [0.717, 1.165) is 52.7 Å². The summed E-state index contributed by atoms with van der Waals surface area (Å²) < 4.78 is 1.98. The Morgan fingerprint density at radius 1 is 0.848 bits per heavy atom. The minimum atomic E-state index is 0.0532. The monoisotopic (exact) mass is 455 g/mol. The summed E-state index contributed by atoms with van der Waals surface area (Å²) in [5.74, 6) is 0.905. The molecule has 0 saturated heterocycles. The maximum atomic E-state index is 6.12. The number of hydrogen-bond donors (Lipinski definition) is 2. The molecular formula is C27H26ClN5. The first kappa shape index (κ1) is 21.3. The predicted octanol–water partition coefficient (Wildman–Crippen LogP) is 7.06. The van der Waals surface area contributed by atoms with Gasteiger partial charge in [-0.05, 0) is 66.8 Å². The third-order valence-electron chi connectivity index (χ3n) is 5.74. The van der Waals surface area contributed by atoms with E-state index >= 15 is 0 Å². The third-order valence-corrected chi connectivity index (χ3v) is 5.99. The number of para-hydroxylation sites is 2. The van der Waals surface area contributed by atoms with Crippen molar-refractivity contribution < 1.29 is 0 Å². The number of benzene rings is 3. The first-order chi connectivity index (χ1) is 16.0. The van der Waals surface area contributed by atoms with Gasteiger partial charge in [0, 0.05) is 10.7 Å². The molecule has 0 atom stereocenters. The fourth-order valence-electron chi connectivity index (χ4n) is 4.23. The highest BCUT2D eigenvalue weighted by atomic mass is 35.5. The molecule has 0 saturated carbocycles. The molecule has 33 heavy (non-hydrogen) atoms. The van der Waals surface area contributed by atoms with Crippen LogP contribution in [-0.2, 0) is 6.42 Å². The Labute approximate surface area is 199 Å². The van der Waals surface area contributed by atoms with Gasteiger partial charge in [0.25, 0.3) is 0 Å². The smallest absolute Gasteiger partial charge is 0.143 e. The average Bonchev–Trinajstić information content (AvgIpc) is 3.17. The van der Waals surface area contributed by atoms with Crippen molar-refractivity contribution in [2.75, 3.05) is 10.7 Å². The first-order valence-electron chi connectivity index (χ1n) is 11.1. The van der Waals surface area contributed by atoms with Crippen LogP contribution in [0.2, 0.25) is 5.02 Å². The van der Waals surface area contributed by atoms with Crippen molar-refractivity contribution >= 4 is 34.5 Å². The van der Waals surface area contributed by atoms with Crippen LogP contribution in [0.15, 0.2) is 90.0 Å². The number of anilines is 3.